The Labute approximate surface area is 143 Å². The van der Waals surface area contributed by atoms with E-state index in [1.807, 2.05) is 30.0 Å². The molecule has 122 valence electrons. The lowest BCUT2D eigenvalue weighted by Gasteiger charge is -2.10. The lowest BCUT2D eigenvalue weighted by atomic mass is 10.0. The molecular weight excluding hydrogens is 304 g/mol. The van der Waals surface area contributed by atoms with E-state index in [-0.39, 0.29) is 5.60 Å². The maximum absolute atomic E-state index is 6.03. The van der Waals surface area contributed by atoms with E-state index in [9.17, 15) is 0 Å². The lowest BCUT2D eigenvalue weighted by molar-refractivity contribution is 0.113. The predicted molar refractivity (Wildman–Crippen MR) is 95.8 cm³/mol. The summed E-state index contributed by atoms with van der Waals surface area (Å²) in [5, 5.41) is 0. The third-order valence-electron chi connectivity index (χ3n) is 4.37. The molecule has 1 saturated heterocycles. The van der Waals surface area contributed by atoms with Gasteiger partial charge in [0.05, 0.1) is 12.7 Å². The summed E-state index contributed by atoms with van der Waals surface area (Å²) in [6.07, 6.45) is 2.39. The first-order valence-electron chi connectivity index (χ1n) is 8.30. The van der Waals surface area contributed by atoms with Crippen LogP contribution in [-0.2, 0) is 16.1 Å². The Bertz CT molecular complexity index is 587. The number of rotatable bonds is 9. The average molecular weight is 328 g/mol. The molecule has 0 aliphatic carbocycles. The van der Waals surface area contributed by atoms with Gasteiger partial charge in [-0.05, 0) is 30.5 Å². The number of thioether (sulfide) groups is 1. The van der Waals surface area contributed by atoms with Gasteiger partial charge in [-0.15, -0.1) is 11.8 Å². The molecule has 0 N–H and O–H groups in total. The molecule has 0 aromatic heterocycles. The normalized spacial score (nSPS) is 22.9. The zero-order chi connectivity index (χ0) is 16.0. The Morgan fingerprint density at radius 2 is 1.74 bits per heavy atom. The third kappa shape index (κ3) is 4.60. The molecule has 0 bridgehead atoms. The molecule has 2 aromatic rings. The summed E-state index contributed by atoms with van der Waals surface area (Å²) in [6, 6.07) is 20.9. The second-order valence-electron chi connectivity index (χ2n) is 5.95. The molecule has 3 heteroatoms. The van der Waals surface area contributed by atoms with Crippen LogP contribution in [0.4, 0.5) is 0 Å². The van der Waals surface area contributed by atoms with Crippen LogP contribution >= 0.6 is 11.8 Å². The lowest BCUT2D eigenvalue weighted by Crippen LogP contribution is -2.18. The van der Waals surface area contributed by atoms with E-state index >= 15 is 0 Å². The van der Waals surface area contributed by atoms with Crippen molar-refractivity contribution in [2.45, 2.75) is 43.0 Å². The second-order valence-corrected chi connectivity index (χ2v) is 7.00. The number of benzene rings is 2. The van der Waals surface area contributed by atoms with Crippen LogP contribution in [0.1, 0.15) is 25.3 Å². The van der Waals surface area contributed by atoms with Gasteiger partial charge in [0, 0.05) is 17.3 Å². The van der Waals surface area contributed by atoms with Gasteiger partial charge >= 0.3 is 0 Å². The molecule has 1 aliphatic rings. The fourth-order valence-electron chi connectivity index (χ4n) is 2.79. The van der Waals surface area contributed by atoms with Crippen LogP contribution in [0.3, 0.4) is 0 Å². The van der Waals surface area contributed by atoms with Gasteiger partial charge in [0.2, 0.25) is 0 Å². The monoisotopic (exact) mass is 328 g/mol. The van der Waals surface area contributed by atoms with E-state index in [2.05, 4.69) is 49.4 Å². The number of epoxide rings is 1. The van der Waals surface area contributed by atoms with Gasteiger partial charge in [0.15, 0.2) is 0 Å². The summed E-state index contributed by atoms with van der Waals surface area (Å²) in [5.41, 5.74) is 1.28. The highest BCUT2D eigenvalue weighted by molar-refractivity contribution is 7.99. The van der Waals surface area contributed by atoms with E-state index < -0.39 is 0 Å². The van der Waals surface area contributed by atoms with E-state index in [4.69, 9.17) is 9.47 Å². The van der Waals surface area contributed by atoms with Crippen molar-refractivity contribution in [3.05, 3.63) is 66.2 Å². The summed E-state index contributed by atoms with van der Waals surface area (Å²) in [7, 11) is 0. The van der Waals surface area contributed by atoms with Crippen molar-refractivity contribution in [3.8, 4) is 0 Å². The van der Waals surface area contributed by atoms with Crippen LogP contribution < -0.4 is 0 Å². The first-order chi connectivity index (χ1) is 11.3. The molecule has 0 saturated carbocycles. The first-order valence-corrected chi connectivity index (χ1v) is 9.28. The highest BCUT2D eigenvalue weighted by Crippen LogP contribution is 2.45. The highest BCUT2D eigenvalue weighted by Gasteiger charge is 2.54. The molecule has 23 heavy (non-hydrogen) atoms. The van der Waals surface area contributed by atoms with Gasteiger partial charge in [-0.2, -0.15) is 0 Å². The standard InChI is InChI=1S/C20H24O2S/c1-2-20(16-23-18-11-7-4-8-12-18)19(22-20)13-14-21-15-17-9-5-3-6-10-17/h3-12,19H,2,13-16H2,1H3/t19-,20-/m1/s1. The minimum atomic E-state index is 0.0522. The molecule has 2 aromatic carbocycles. The van der Waals surface area contributed by atoms with Crippen LogP contribution in [0.25, 0.3) is 0 Å². The molecular formula is C20H24O2S. The highest BCUT2D eigenvalue weighted by atomic mass is 32.2. The van der Waals surface area contributed by atoms with Gasteiger partial charge in [0.1, 0.15) is 5.60 Å². The quantitative estimate of drug-likeness (QED) is 0.370. The molecule has 0 unspecified atom stereocenters. The van der Waals surface area contributed by atoms with E-state index in [1.54, 1.807) is 0 Å². The fourth-order valence-corrected chi connectivity index (χ4v) is 4.01. The molecule has 2 atom stereocenters. The number of hydrogen-bond acceptors (Lipinski definition) is 3. The number of ether oxygens (including phenoxy) is 2. The van der Waals surface area contributed by atoms with Crippen molar-refractivity contribution in [1.82, 2.24) is 0 Å². The van der Waals surface area contributed by atoms with Crippen molar-refractivity contribution < 1.29 is 9.47 Å². The van der Waals surface area contributed by atoms with Crippen LogP contribution in [-0.4, -0.2) is 24.1 Å². The molecule has 0 amide bonds. The Morgan fingerprint density at radius 3 is 2.43 bits per heavy atom. The largest absolute Gasteiger partial charge is 0.377 e. The number of hydrogen-bond donors (Lipinski definition) is 0. The summed E-state index contributed by atoms with van der Waals surface area (Å²) in [6.45, 7) is 3.67. The van der Waals surface area contributed by atoms with Crippen molar-refractivity contribution in [1.29, 1.82) is 0 Å². The topological polar surface area (TPSA) is 21.8 Å². The SMILES string of the molecule is CC[C@]1(CSc2ccccc2)O[C@@H]1CCOCc1ccccc1. The fraction of sp³-hybridized carbons (Fsp3) is 0.400. The zero-order valence-electron chi connectivity index (χ0n) is 13.6. The molecule has 1 fully saturated rings. The molecule has 2 nitrogen and oxygen atoms in total. The summed E-state index contributed by atoms with van der Waals surface area (Å²) in [5.74, 6) is 1.02. The van der Waals surface area contributed by atoms with Gasteiger partial charge in [-0.1, -0.05) is 55.5 Å². The molecule has 3 rings (SSSR count). The van der Waals surface area contributed by atoms with Crippen molar-refractivity contribution in [3.63, 3.8) is 0 Å². The van der Waals surface area contributed by atoms with Crippen LogP contribution in [0, 0.1) is 0 Å². The van der Waals surface area contributed by atoms with Gasteiger partial charge in [-0.25, -0.2) is 0 Å². The van der Waals surface area contributed by atoms with Gasteiger partial charge in [0.25, 0.3) is 0 Å². The smallest absolute Gasteiger partial charge is 0.104 e. The minimum absolute atomic E-state index is 0.0522. The van der Waals surface area contributed by atoms with E-state index in [0.717, 1.165) is 25.2 Å². The molecule has 0 radical (unpaired) electrons. The molecule has 0 spiro atoms. The molecule has 1 heterocycles. The molecule has 1 aliphatic heterocycles. The van der Waals surface area contributed by atoms with Gasteiger partial charge < -0.3 is 9.47 Å². The Kier molecular flexibility index (Phi) is 5.76. The Balaban J connectivity index is 1.38. The van der Waals surface area contributed by atoms with Crippen molar-refractivity contribution in [2.24, 2.45) is 0 Å². The predicted octanol–water partition coefficient (Wildman–Crippen LogP) is 4.93. The van der Waals surface area contributed by atoms with E-state index in [1.165, 1.54) is 10.5 Å². The maximum atomic E-state index is 6.03. The summed E-state index contributed by atoms with van der Waals surface area (Å²) >= 11 is 1.89. The van der Waals surface area contributed by atoms with Gasteiger partial charge in [-0.3, -0.25) is 0 Å². The maximum Gasteiger partial charge on any atom is 0.104 e. The van der Waals surface area contributed by atoms with Crippen molar-refractivity contribution in [2.75, 3.05) is 12.4 Å². The van der Waals surface area contributed by atoms with Crippen molar-refractivity contribution >= 4 is 11.8 Å². The third-order valence-corrected chi connectivity index (χ3v) is 5.61. The Morgan fingerprint density at radius 1 is 1.04 bits per heavy atom. The van der Waals surface area contributed by atoms with Crippen LogP contribution in [0.5, 0.6) is 0 Å². The first kappa shape index (κ1) is 16.6. The Hall–Kier alpha value is -1.29. The summed E-state index contributed by atoms with van der Waals surface area (Å²) in [4.78, 5) is 1.31. The van der Waals surface area contributed by atoms with Crippen LogP contribution in [0.2, 0.25) is 0 Å². The van der Waals surface area contributed by atoms with E-state index in [0.29, 0.717) is 12.7 Å². The minimum Gasteiger partial charge on any atom is -0.377 e. The average Bonchev–Trinajstić information content (AvgIpc) is 3.32. The van der Waals surface area contributed by atoms with Crippen LogP contribution in [0.15, 0.2) is 65.6 Å². The second kappa shape index (κ2) is 8.00. The zero-order valence-corrected chi connectivity index (χ0v) is 14.4. The summed E-state index contributed by atoms with van der Waals surface area (Å²) < 4.78 is 11.8.